The molecule has 36 heavy (non-hydrogen) atoms. The lowest BCUT2D eigenvalue weighted by Crippen LogP contribution is -2.10. The zero-order valence-corrected chi connectivity index (χ0v) is 21.7. The molecular weight excluding hydrogens is 454 g/mol. The van der Waals surface area contributed by atoms with Crippen molar-refractivity contribution in [2.45, 2.75) is 27.7 Å². The van der Waals surface area contributed by atoms with Crippen LogP contribution in [-0.2, 0) is 4.79 Å². The number of aryl methyl sites for hydroxylation is 2. The van der Waals surface area contributed by atoms with Gasteiger partial charge in [0.2, 0.25) is 5.91 Å². The fourth-order valence-electron chi connectivity index (χ4n) is 4.43. The van der Waals surface area contributed by atoms with Crippen LogP contribution in [0.3, 0.4) is 0 Å². The van der Waals surface area contributed by atoms with Crippen molar-refractivity contribution in [3.63, 3.8) is 0 Å². The number of rotatable bonds is 7. The van der Waals surface area contributed by atoms with E-state index >= 15 is 0 Å². The van der Waals surface area contributed by atoms with Crippen LogP contribution in [0.5, 0.6) is 17.2 Å². The lowest BCUT2D eigenvalue weighted by Gasteiger charge is -2.14. The Hall–Kier alpha value is -4.19. The number of hydrogen-bond donors (Lipinski definition) is 1. The van der Waals surface area contributed by atoms with E-state index in [9.17, 15) is 4.79 Å². The molecule has 1 heterocycles. The topological polar surface area (TPSA) is 69.9 Å². The number of allylic oxidation sites excluding steroid dienone is 1. The fourth-order valence-corrected chi connectivity index (χ4v) is 4.43. The molecule has 0 aliphatic carbocycles. The summed E-state index contributed by atoms with van der Waals surface area (Å²) >= 11 is 0. The van der Waals surface area contributed by atoms with Crippen LogP contribution in [0.2, 0.25) is 0 Å². The molecule has 1 N–H and O–H groups in total. The van der Waals surface area contributed by atoms with Crippen molar-refractivity contribution in [2.75, 3.05) is 26.6 Å². The van der Waals surface area contributed by atoms with Gasteiger partial charge in [-0.05, 0) is 74.2 Å². The van der Waals surface area contributed by atoms with E-state index in [1.54, 1.807) is 33.7 Å². The van der Waals surface area contributed by atoms with E-state index in [0.29, 0.717) is 17.2 Å². The van der Waals surface area contributed by atoms with Crippen molar-refractivity contribution >= 4 is 28.1 Å². The third-order valence-corrected chi connectivity index (χ3v) is 6.58. The quantitative estimate of drug-likeness (QED) is 0.283. The molecular formula is C30H31NO5. The molecule has 0 atom stereocenters. The predicted molar refractivity (Wildman–Crippen MR) is 144 cm³/mol. The van der Waals surface area contributed by atoms with Gasteiger partial charge in [-0.15, -0.1) is 0 Å². The van der Waals surface area contributed by atoms with Crippen molar-refractivity contribution in [1.29, 1.82) is 0 Å². The molecule has 0 aliphatic heterocycles. The van der Waals surface area contributed by atoms with E-state index in [0.717, 1.165) is 55.6 Å². The minimum atomic E-state index is -0.201. The lowest BCUT2D eigenvalue weighted by atomic mass is 9.96. The first-order chi connectivity index (χ1) is 17.3. The van der Waals surface area contributed by atoms with Crippen LogP contribution in [0.1, 0.15) is 29.2 Å². The van der Waals surface area contributed by atoms with Crippen LogP contribution in [-0.4, -0.2) is 27.2 Å². The Morgan fingerprint density at radius 1 is 0.917 bits per heavy atom. The third kappa shape index (κ3) is 4.54. The van der Waals surface area contributed by atoms with Gasteiger partial charge < -0.3 is 23.9 Å². The number of carbonyl (C=O) groups is 1. The Labute approximate surface area is 211 Å². The van der Waals surface area contributed by atoms with Gasteiger partial charge >= 0.3 is 0 Å². The first-order valence-electron chi connectivity index (χ1n) is 11.7. The maximum atomic E-state index is 12.9. The van der Waals surface area contributed by atoms with E-state index in [-0.39, 0.29) is 5.91 Å². The molecule has 6 nitrogen and oxygen atoms in total. The smallest absolute Gasteiger partial charge is 0.248 e. The van der Waals surface area contributed by atoms with Gasteiger partial charge in [0.05, 0.1) is 27.6 Å². The highest BCUT2D eigenvalue weighted by atomic mass is 16.5. The second kappa shape index (κ2) is 10.2. The highest BCUT2D eigenvalue weighted by molar-refractivity contribution is 6.06. The van der Waals surface area contributed by atoms with Gasteiger partial charge in [0.15, 0.2) is 11.5 Å². The van der Waals surface area contributed by atoms with Crippen LogP contribution in [0.15, 0.2) is 59.2 Å². The van der Waals surface area contributed by atoms with Crippen molar-refractivity contribution < 1.29 is 23.4 Å². The molecule has 0 unspecified atom stereocenters. The summed E-state index contributed by atoms with van der Waals surface area (Å²) in [5, 5.41) is 3.91. The number of hydrogen-bond acceptors (Lipinski definition) is 5. The number of anilines is 1. The summed E-state index contributed by atoms with van der Waals surface area (Å²) in [4.78, 5) is 12.9. The van der Waals surface area contributed by atoms with Gasteiger partial charge in [-0.3, -0.25) is 4.79 Å². The largest absolute Gasteiger partial charge is 0.496 e. The number of carbonyl (C=O) groups excluding carboxylic acids is 1. The van der Waals surface area contributed by atoms with Gasteiger partial charge in [0.1, 0.15) is 11.3 Å². The molecule has 1 aromatic heterocycles. The average Bonchev–Trinajstić information content (AvgIpc) is 3.30. The van der Waals surface area contributed by atoms with Gasteiger partial charge in [-0.1, -0.05) is 18.2 Å². The number of ether oxygens (including phenoxy) is 3. The summed E-state index contributed by atoms with van der Waals surface area (Å²) in [5.74, 6) is 1.76. The minimum Gasteiger partial charge on any atom is -0.496 e. The average molecular weight is 486 g/mol. The summed E-state index contributed by atoms with van der Waals surface area (Å²) in [6.45, 7) is 7.88. The molecule has 0 bridgehead atoms. The van der Waals surface area contributed by atoms with Crippen molar-refractivity contribution in [3.8, 4) is 28.4 Å². The Bertz CT molecular complexity index is 1480. The molecule has 0 fully saturated rings. The number of methoxy groups -OCH3 is 3. The number of furan rings is 1. The third-order valence-electron chi connectivity index (χ3n) is 6.58. The maximum Gasteiger partial charge on any atom is 0.248 e. The number of fused-ring (bicyclic) bond motifs is 1. The molecule has 0 spiro atoms. The molecule has 3 aromatic carbocycles. The molecule has 0 aliphatic rings. The Morgan fingerprint density at radius 3 is 2.36 bits per heavy atom. The van der Waals surface area contributed by atoms with Crippen LogP contribution in [0.4, 0.5) is 5.69 Å². The molecule has 6 heteroatoms. The van der Waals surface area contributed by atoms with E-state index in [1.165, 1.54) is 0 Å². The van der Waals surface area contributed by atoms with E-state index in [4.69, 9.17) is 18.6 Å². The Morgan fingerprint density at radius 2 is 1.67 bits per heavy atom. The molecule has 0 saturated carbocycles. The van der Waals surface area contributed by atoms with Gasteiger partial charge in [0, 0.05) is 33.8 Å². The van der Waals surface area contributed by atoms with E-state index < -0.39 is 0 Å². The van der Waals surface area contributed by atoms with Gasteiger partial charge in [0.25, 0.3) is 0 Å². The molecule has 186 valence electrons. The van der Waals surface area contributed by atoms with Crippen molar-refractivity contribution in [2.24, 2.45) is 0 Å². The summed E-state index contributed by atoms with van der Waals surface area (Å²) in [7, 11) is 4.84. The van der Waals surface area contributed by atoms with Gasteiger partial charge in [-0.25, -0.2) is 0 Å². The van der Waals surface area contributed by atoms with Crippen LogP contribution < -0.4 is 19.5 Å². The first kappa shape index (κ1) is 24.9. The fraction of sp³-hybridized carbons (Fsp3) is 0.233. The Balaban J connectivity index is 1.78. The molecule has 4 rings (SSSR count). The lowest BCUT2D eigenvalue weighted by molar-refractivity contribution is -0.111. The van der Waals surface area contributed by atoms with Crippen molar-refractivity contribution in [3.05, 3.63) is 77.1 Å². The first-order valence-corrected chi connectivity index (χ1v) is 11.7. The molecule has 4 aromatic rings. The zero-order chi connectivity index (χ0) is 26.0. The molecule has 1 amide bonds. The van der Waals surface area contributed by atoms with E-state index in [2.05, 4.69) is 5.32 Å². The summed E-state index contributed by atoms with van der Waals surface area (Å²) < 4.78 is 22.6. The highest BCUT2D eigenvalue weighted by Crippen LogP contribution is 2.42. The molecule has 0 saturated heterocycles. The second-order valence-electron chi connectivity index (χ2n) is 8.74. The number of amides is 1. The van der Waals surface area contributed by atoms with Crippen LogP contribution in [0, 0.1) is 20.8 Å². The standard InChI is InChI=1S/C30H31NO5/c1-17-9-8-10-25(19(17)3)31-28(32)13-18(2)22-15-23-24(16-36-30(23)20(4)29(22)35-7)21-11-12-26(33-5)27(14-21)34-6/h8-16H,1-7H3,(H,31,32)/b18-13+. The summed E-state index contributed by atoms with van der Waals surface area (Å²) in [6, 6.07) is 13.6. The SMILES string of the molecule is COc1ccc(-c2coc3c(C)c(OC)c(/C(C)=C/C(=O)Nc4cccc(C)c4C)cc23)cc1OC. The summed E-state index contributed by atoms with van der Waals surface area (Å²) in [5.41, 5.74) is 7.99. The minimum absolute atomic E-state index is 0.201. The number of benzene rings is 3. The number of nitrogens with one attached hydrogen (secondary N) is 1. The van der Waals surface area contributed by atoms with Crippen LogP contribution >= 0.6 is 0 Å². The molecule has 0 radical (unpaired) electrons. The van der Waals surface area contributed by atoms with E-state index in [1.807, 2.05) is 70.2 Å². The zero-order valence-electron chi connectivity index (χ0n) is 21.7. The van der Waals surface area contributed by atoms with Gasteiger partial charge in [-0.2, -0.15) is 0 Å². The Kier molecular flexibility index (Phi) is 7.06. The van der Waals surface area contributed by atoms with Crippen LogP contribution in [0.25, 0.3) is 27.7 Å². The monoisotopic (exact) mass is 485 g/mol. The maximum absolute atomic E-state index is 12.9. The second-order valence-corrected chi connectivity index (χ2v) is 8.74. The predicted octanol–water partition coefficient (Wildman–Crippen LogP) is 7.09. The van der Waals surface area contributed by atoms with Crippen molar-refractivity contribution in [1.82, 2.24) is 0 Å². The normalized spacial score (nSPS) is 11.5. The highest BCUT2D eigenvalue weighted by Gasteiger charge is 2.20. The summed E-state index contributed by atoms with van der Waals surface area (Å²) in [6.07, 6.45) is 3.33.